The molecule has 1 aromatic heterocycles. The molecule has 0 aliphatic rings. The molecule has 13 heavy (non-hydrogen) atoms. The number of nitrogens with one attached hydrogen (secondary N) is 2. The summed E-state index contributed by atoms with van der Waals surface area (Å²) in [5.74, 6) is -0.121. The Bertz CT molecular complexity index is 323. The second-order valence-electron chi connectivity index (χ2n) is 2.69. The quantitative estimate of drug-likeness (QED) is 0.705. The SMILES string of the molecule is CNC(=O)c1cnc(C)c(NC)c1. The summed E-state index contributed by atoms with van der Waals surface area (Å²) in [4.78, 5) is 15.3. The van der Waals surface area contributed by atoms with E-state index in [4.69, 9.17) is 0 Å². The lowest BCUT2D eigenvalue weighted by atomic mass is 10.2. The number of aromatic nitrogens is 1. The largest absolute Gasteiger partial charge is 0.387 e. The summed E-state index contributed by atoms with van der Waals surface area (Å²) < 4.78 is 0. The first kappa shape index (κ1) is 9.51. The van der Waals surface area contributed by atoms with Crippen LogP contribution in [0.5, 0.6) is 0 Å². The normalized spacial score (nSPS) is 9.46. The second kappa shape index (κ2) is 3.89. The standard InChI is InChI=1S/C9H13N3O/c1-6-8(10-2)4-7(5-12-6)9(13)11-3/h4-5,10H,1-3H3,(H,11,13). The average Bonchev–Trinajstić information content (AvgIpc) is 2.17. The van der Waals surface area contributed by atoms with E-state index in [1.165, 1.54) is 0 Å². The van der Waals surface area contributed by atoms with Gasteiger partial charge in [-0.25, -0.2) is 0 Å². The van der Waals surface area contributed by atoms with E-state index < -0.39 is 0 Å². The van der Waals surface area contributed by atoms with Crippen molar-refractivity contribution in [2.45, 2.75) is 6.92 Å². The maximum atomic E-state index is 11.2. The Hall–Kier alpha value is -1.58. The Labute approximate surface area is 77.4 Å². The highest BCUT2D eigenvalue weighted by molar-refractivity contribution is 5.94. The number of hydrogen-bond acceptors (Lipinski definition) is 3. The third kappa shape index (κ3) is 1.96. The van der Waals surface area contributed by atoms with Crippen molar-refractivity contribution < 1.29 is 4.79 Å². The fourth-order valence-electron chi connectivity index (χ4n) is 1.05. The zero-order chi connectivity index (χ0) is 9.84. The highest BCUT2D eigenvalue weighted by atomic mass is 16.1. The van der Waals surface area contributed by atoms with Crippen LogP contribution >= 0.6 is 0 Å². The van der Waals surface area contributed by atoms with Crippen LogP contribution in [0.25, 0.3) is 0 Å². The van der Waals surface area contributed by atoms with E-state index >= 15 is 0 Å². The molecule has 4 heteroatoms. The van der Waals surface area contributed by atoms with E-state index in [2.05, 4.69) is 15.6 Å². The molecule has 0 fully saturated rings. The van der Waals surface area contributed by atoms with Gasteiger partial charge in [-0.15, -0.1) is 0 Å². The predicted octanol–water partition coefficient (Wildman–Crippen LogP) is 0.791. The number of carbonyl (C=O) groups is 1. The average molecular weight is 179 g/mol. The first-order valence-corrected chi connectivity index (χ1v) is 4.05. The first-order chi connectivity index (χ1) is 6.19. The highest BCUT2D eigenvalue weighted by Gasteiger charge is 2.05. The lowest BCUT2D eigenvalue weighted by Gasteiger charge is -2.05. The zero-order valence-corrected chi connectivity index (χ0v) is 8.01. The Morgan fingerprint density at radius 1 is 1.46 bits per heavy atom. The van der Waals surface area contributed by atoms with Crippen molar-refractivity contribution in [2.24, 2.45) is 0 Å². The van der Waals surface area contributed by atoms with Crippen LogP contribution in [0.2, 0.25) is 0 Å². The predicted molar refractivity (Wildman–Crippen MR) is 51.9 cm³/mol. The molecule has 1 aromatic rings. The van der Waals surface area contributed by atoms with Gasteiger partial charge >= 0.3 is 0 Å². The van der Waals surface area contributed by atoms with Gasteiger partial charge in [-0.2, -0.15) is 0 Å². The molecule has 70 valence electrons. The van der Waals surface area contributed by atoms with Gasteiger partial charge in [0.05, 0.1) is 16.9 Å². The van der Waals surface area contributed by atoms with E-state index in [0.29, 0.717) is 5.56 Å². The molecule has 1 heterocycles. The molecule has 0 atom stereocenters. The second-order valence-corrected chi connectivity index (χ2v) is 2.69. The molecule has 2 N–H and O–H groups in total. The number of amides is 1. The maximum absolute atomic E-state index is 11.2. The van der Waals surface area contributed by atoms with Gasteiger partial charge in [0.2, 0.25) is 0 Å². The van der Waals surface area contributed by atoms with Gasteiger partial charge < -0.3 is 10.6 Å². The summed E-state index contributed by atoms with van der Waals surface area (Å²) in [6.45, 7) is 1.89. The number of aryl methyl sites for hydroxylation is 1. The molecule has 0 saturated carbocycles. The molecule has 4 nitrogen and oxygen atoms in total. The lowest BCUT2D eigenvalue weighted by Crippen LogP contribution is -2.18. The Morgan fingerprint density at radius 2 is 2.15 bits per heavy atom. The molecular weight excluding hydrogens is 166 g/mol. The Kier molecular flexibility index (Phi) is 2.84. The van der Waals surface area contributed by atoms with Crippen molar-refractivity contribution in [1.82, 2.24) is 10.3 Å². The van der Waals surface area contributed by atoms with Gasteiger partial charge in [0.15, 0.2) is 0 Å². The topological polar surface area (TPSA) is 54.0 Å². The van der Waals surface area contributed by atoms with Gasteiger partial charge in [-0.05, 0) is 13.0 Å². The van der Waals surface area contributed by atoms with Gasteiger partial charge in [0.1, 0.15) is 0 Å². The van der Waals surface area contributed by atoms with Gasteiger partial charge in [-0.1, -0.05) is 0 Å². The monoisotopic (exact) mass is 179 g/mol. The van der Waals surface area contributed by atoms with Gasteiger partial charge in [0, 0.05) is 20.3 Å². The smallest absolute Gasteiger partial charge is 0.252 e. The summed E-state index contributed by atoms with van der Waals surface area (Å²) in [6.07, 6.45) is 1.56. The minimum atomic E-state index is -0.121. The van der Waals surface area contributed by atoms with Crippen molar-refractivity contribution in [3.8, 4) is 0 Å². The number of nitrogens with zero attached hydrogens (tertiary/aromatic N) is 1. The van der Waals surface area contributed by atoms with Crippen molar-refractivity contribution in [3.63, 3.8) is 0 Å². The van der Waals surface area contributed by atoms with Crippen molar-refractivity contribution in [3.05, 3.63) is 23.5 Å². The molecule has 1 amide bonds. The van der Waals surface area contributed by atoms with Crippen LogP contribution in [0.1, 0.15) is 16.1 Å². The number of pyridine rings is 1. The van der Waals surface area contributed by atoms with Crippen LogP contribution in [0.15, 0.2) is 12.3 Å². The molecule has 0 bridgehead atoms. The highest BCUT2D eigenvalue weighted by Crippen LogP contribution is 2.12. The van der Waals surface area contributed by atoms with Crippen LogP contribution in [0, 0.1) is 6.92 Å². The Morgan fingerprint density at radius 3 is 2.69 bits per heavy atom. The molecule has 1 rings (SSSR count). The van der Waals surface area contributed by atoms with Crippen LogP contribution in [0.4, 0.5) is 5.69 Å². The fourth-order valence-corrected chi connectivity index (χ4v) is 1.05. The Balaban J connectivity index is 3.06. The summed E-state index contributed by atoms with van der Waals surface area (Å²) in [5, 5.41) is 5.52. The van der Waals surface area contributed by atoms with Crippen molar-refractivity contribution in [1.29, 1.82) is 0 Å². The third-order valence-electron chi connectivity index (χ3n) is 1.85. The zero-order valence-electron chi connectivity index (χ0n) is 8.01. The van der Waals surface area contributed by atoms with E-state index in [1.54, 1.807) is 26.4 Å². The van der Waals surface area contributed by atoms with E-state index in [9.17, 15) is 4.79 Å². The van der Waals surface area contributed by atoms with Gasteiger partial charge in [0.25, 0.3) is 5.91 Å². The van der Waals surface area contributed by atoms with Gasteiger partial charge in [-0.3, -0.25) is 9.78 Å². The molecule has 0 aromatic carbocycles. The van der Waals surface area contributed by atoms with Crippen LogP contribution in [0.3, 0.4) is 0 Å². The number of hydrogen-bond donors (Lipinski definition) is 2. The minimum absolute atomic E-state index is 0.121. The van der Waals surface area contributed by atoms with Crippen molar-refractivity contribution in [2.75, 3.05) is 19.4 Å². The number of anilines is 1. The number of carbonyl (C=O) groups excluding carboxylic acids is 1. The number of rotatable bonds is 2. The molecule has 0 unspecified atom stereocenters. The van der Waals surface area contributed by atoms with Crippen LogP contribution in [-0.2, 0) is 0 Å². The maximum Gasteiger partial charge on any atom is 0.252 e. The first-order valence-electron chi connectivity index (χ1n) is 4.05. The molecule has 0 spiro atoms. The summed E-state index contributed by atoms with van der Waals surface area (Å²) in [6, 6.07) is 1.78. The molecular formula is C9H13N3O. The molecule has 0 radical (unpaired) electrons. The summed E-state index contributed by atoms with van der Waals surface area (Å²) in [7, 11) is 3.40. The van der Waals surface area contributed by atoms with Crippen LogP contribution < -0.4 is 10.6 Å². The molecule has 0 aliphatic carbocycles. The van der Waals surface area contributed by atoms with Crippen LogP contribution in [-0.4, -0.2) is 25.0 Å². The summed E-state index contributed by atoms with van der Waals surface area (Å²) >= 11 is 0. The molecule has 0 saturated heterocycles. The van der Waals surface area contributed by atoms with E-state index in [1.807, 2.05) is 6.92 Å². The summed E-state index contributed by atoms with van der Waals surface area (Å²) in [5.41, 5.74) is 2.33. The fraction of sp³-hybridized carbons (Fsp3) is 0.333. The third-order valence-corrected chi connectivity index (χ3v) is 1.85. The lowest BCUT2D eigenvalue weighted by molar-refractivity contribution is 0.0963. The van der Waals surface area contributed by atoms with Crippen molar-refractivity contribution >= 4 is 11.6 Å². The molecule has 0 aliphatic heterocycles. The minimum Gasteiger partial charge on any atom is -0.387 e. The van der Waals surface area contributed by atoms with E-state index in [-0.39, 0.29) is 5.91 Å². The van der Waals surface area contributed by atoms with E-state index in [0.717, 1.165) is 11.4 Å².